The molecular formula is C11H15N3O. The van der Waals surface area contributed by atoms with Gasteiger partial charge in [-0.15, -0.1) is 0 Å². The minimum absolute atomic E-state index is 0.142. The Hall–Kier alpha value is -1.42. The Balaban J connectivity index is 2.16. The fraction of sp³-hybridized carbons (Fsp3) is 0.455. The van der Waals surface area contributed by atoms with Gasteiger partial charge in [0.05, 0.1) is 22.8 Å². The van der Waals surface area contributed by atoms with Crippen molar-refractivity contribution in [2.75, 3.05) is 0 Å². The van der Waals surface area contributed by atoms with Crippen molar-refractivity contribution in [3.05, 3.63) is 24.3 Å². The van der Waals surface area contributed by atoms with Crippen LogP contribution in [0.3, 0.4) is 0 Å². The zero-order valence-corrected chi connectivity index (χ0v) is 9.24. The van der Waals surface area contributed by atoms with E-state index in [1.54, 1.807) is 12.4 Å². The highest BCUT2D eigenvalue weighted by atomic mass is 16.5. The molecule has 0 amide bonds. The Morgan fingerprint density at radius 1 is 1.40 bits per heavy atom. The molecule has 0 aliphatic heterocycles. The van der Waals surface area contributed by atoms with Crippen molar-refractivity contribution in [3.8, 4) is 0 Å². The molecule has 4 nitrogen and oxygen atoms in total. The van der Waals surface area contributed by atoms with E-state index in [2.05, 4.69) is 15.0 Å². The van der Waals surface area contributed by atoms with Gasteiger partial charge in [0.25, 0.3) is 0 Å². The first-order chi connectivity index (χ1) is 7.04. The summed E-state index contributed by atoms with van der Waals surface area (Å²) >= 11 is 0. The third kappa shape index (κ3) is 2.53. The number of pyridine rings is 1. The van der Waals surface area contributed by atoms with Crippen LogP contribution in [0.5, 0.6) is 0 Å². The van der Waals surface area contributed by atoms with Crippen molar-refractivity contribution in [3.63, 3.8) is 0 Å². The summed E-state index contributed by atoms with van der Waals surface area (Å²) in [6, 6.07) is 1.88. The van der Waals surface area contributed by atoms with E-state index in [1.165, 1.54) is 0 Å². The molecule has 0 saturated carbocycles. The summed E-state index contributed by atoms with van der Waals surface area (Å²) < 4.78 is 5.63. The Kier molecular flexibility index (Phi) is 2.44. The molecule has 0 bridgehead atoms. The number of H-pyrrole nitrogens is 1. The predicted molar refractivity (Wildman–Crippen MR) is 58.4 cm³/mol. The second-order valence-electron chi connectivity index (χ2n) is 4.48. The monoisotopic (exact) mass is 205 g/mol. The second-order valence-corrected chi connectivity index (χ2v) is 4.48. The van der Waals surface area contributed by atoms with E-state index in [0.717, 1.165) is 16.9 Å². The van der Waals surface area contributed by atoms with Crippen LogP contribution in [0.15, 0.2) is 18.5 Å². The lowest BCUT2D eigenvalue weighted by atomic mass is 10.2. The number of ether oxygens (including phenoxy) is 1. The fourth-order valence-electron chi connectivity index (χ4n) is 1.26. The van der Waals surface area contributed by atoms with Crippen molar-refractivity contribution >= 4 is 11.0 Å². The number of fused-ring (bicyclic) bond motifs is 1. The number of nitrogens with zero attached hydrogens (tertiary/aromatic N) is 2. The molecule has 0 radical (unpaired) electrons. The van der Waals surface area contributed by atoms with Gasteiger partial charge in [-0.3, -0.25) is 4.98 Å². The third-order valence-electron chi connectivity index (χ3n) is 1.97. The number of hydrogen-bond donors (Lipinski definition) is 1. The van der Waals surface area contributed by atoms with Crippen LogP contribution in [-0.4, -0.2) is 20.6 Å². The summed E-state index contributed by atoms with van der Waals surface area (Å²) in [5.41, 5.74) is 1.74. The maximum absolute atomic E-state index is 5.63. The molecule has 1 N–H and O–H groups in total. The highest BCUT2D eigenvalue weighted by molar-refractivity contribution is 5.73. The molecule has 0 aromatic carbocycles. The van der Waals surface area contributed by atoms with Gasteiger partial charge in [0.1, 0.15) is 12.4 Å². The molecule has 0 spiro atoms. The largest absolute Gasteiger partial charge is 0.368 e. The number of aromatic nitrogens is 3. The van der Waals surface area contributed by atoms with Crippen molar-refractivity contribution < 1.29 is 4.74 Å². The lowest BCUT2D eigenvalue weighted by molar-refractivity contribution is -0.0177. The minimum atomic E-state index is -0.142. The van der Waals surface area contributed by atoms with E-state index >= 15 is 0 Å². The molecule has 0 aliphatic carbocycles. The van der Waals surface area contributed by atoms with E-state index in [4.69, 9.17) is 4.74 Å². The van der Waals surface area contributed by atoms with Gasteiger partial charge in [0.2, 0.25) is 0 Å². The number of nitrogens with one attached hydrogen (secondary N) is 1. The van der Waals surface area contributed by atoms with Crippen molar-refractivity contribution in [1.82, 2.24) is 15.0 Å². The average Bonchev–Trinajstić information content (AvgIpc) is 2.56. The summed E-state index contributed by atoms with van der Waals surface area (Å²) in [6.45, 7) is 6.57. The number of hydrogen-bond acceptors (Lipinski definition) is 3. The molecule has 4 heteroatoms. The molecular weight excluding hydrogens is 190 g/mol. The summed E-state index contributed by atoms with van der Waals surface area (Å²) in [4.78, 5) is 11.6. The van der Waals surface area contributed by atoms with Crippen LogP contribution in [0.25, 0.3) is 11.0 Å². The van der Waals surface area contributed by atoms with E-state index < -0.39 is 0 Å². The normalized spacial score (nSPS) is 12.2. The lowest BCUT2D eigenvalue weighted by Gasteiger charge is -2.18. The van der Waals surface area contributed by atoms with Gasteiger partial charge in [-0.05, 0) is 26.8 Å². The predicted octanol–water partition coefficient (Wildman–Crippen LogP) is 2.27. The van der Waals surface area contributed by atoms with Gasteiger partial charge >= 0.3 is 0 Å². The van der Waals surface area contributed by atoms with Crippen LogP contribution >= 0.6 is 0 Å². The first-order valence-corrected chi connectivity index (χ1v) is 4.97. The van der Waals surface area contributed by atoms with Crippen LogP contribution < -0.4 is 0 Å². The van der Waals surface area contributed by atoms with Gasteiger partial charge in [-0.25, -0.2) is 4.98 Å². The molecule has 0 aliphatic rings. The summed E-state index contributed by atoms with van der Waals surface area (Å²) in [7, 11) is 0. The van der Waals surface area contributed by atoms with Gasteiger partial charge < -0.3 is 9.72 Å². The highest BCUT2D eigenvalue weighted by Crippen LogP contribution is 2.13. The lowest BCUT2D eigenvalue weighted by Crippen LogP contribution is -2.19. The molecule has 0 saturated heterocycles. The van der Waals surface area contributed by atoms with Crippen molar-refractivity contribution in [1.29, 1.82) is 0 Å². The minimum Gasteiger partial charge on any atom is -0.368 e. The molecule has 15 heavy (non-hydrogen) atoms. The van der Waals surface area contributed by atoms with E-state index in [0.29, 0.717) is 6.61 Å². The molecule has 2 heterocycles. The summed E-state index contributed by atoms with van der Waals surface area (Å²) in [5, 5.41) is 0. The van der Waals surface area contributed by atoms with Crippen molar-refractivity contribution in [2.45, 2.75) is 33.0 Å². The van der Waals surface area contributed by atoms with Crippen LogP contribution in [0, 0.1) is 0 Å². The molecule has 2 aromatic rings. The van der Waals surface area contributed by atoms with Crippen LogP contribution in [-0.2, 0) is 11.3 Å². The van der Waals surface area contributed by atoms with E-state index in [1.807, 2.05) is 26.8 Å². The number of rotatable bonds is 2. The maximum atomic E-state index is 5.63. The molecule has 0 fully saturated rings. The van der Waals surface area contributed by atoms with Crippen LogP contribution in [0.4, 0.5) is 0 Å². The van der Waals surface area contributed by atoms with Gasteiger partial charge in [0.15, 0.2) is 0 Å². The fourth-order valence-corrected chi connectivity index (χ4v) is 1.26. The molecule has 0 atom stereocenters. The van der Waals surface area contributed by atoms with Crippen LogP contribution in [0.1, 0.15) is 26.6 Å². The topological polar surface area (TPSA) is 50.8 Å². The second kappa shape index (κ2) is 3.62. The van der Waals surface area contributed by atoms with Gasteiger partial charge in [0, 0.05) is 6.20 Å². The molecule has 80 valence electrons. The maximum Gasteiger partial charge on any atom is 0.133 e. The smallest absolute Gasteiger partial charge is 0.133 e. The standard InChI is InChI=1S/C11H15N3O/c1-11(2,3)15-7-10-13-8-4-5-12-6-9(8)14-10/h4-6H,7H2,1-3H3,(H,13,14). The third-order valence-corrected chi connectivity index (χ3v) is 1.97. The quantitative estimate of drug-likeness (QED) is 0.818. The van der Waals surface area contributed by atoms with Gasteiger partial charge in [-0.2, -0.15) is 0 Å². The van der Waals surface area contributed by atoms with Crippen LogP contribution in [0.2, 0.25) is 0 Å². The van der Waals surface area contributed by atoms with Crippen molar-refractivity contribution in [2.24, 2.45) is 0 Å². The van der Waals surface area contributed by atoms with Gasteiger partial charge in [-0.1, -0.05) is 0 Å². The highest BCUT2D eigenvalue weighted by Gasteiger charge is 2.11. The Morgan fingerprint density at radius 3 is 2.87 bits per heavy atom. The SMILES string of the molecule is CC(C)(C)OCc1nc2ccncc2[nH]1. The first kappa shape index (κ1) is 10.1. The number of aromatic amines is 1. The molecule has 2 rings (SSSR count). The van der Waals surface area contributed by atoms with E-state index in [9.17, 15) is 0 Å². The summed E-state index contributed by atoms with van der Waals surface area (Å²) in [5.74, 6) is 0.841. The van der Waals surface area contributed by atoms with E-state index in [-0.39, 0.29) is 5.60 Å². The average molecular weight is 205 g/mol. The zero-order chi connectivity index (χ0) is 10.9. The Morgan fingerprint density at radius 2 is 2.20 bits per heavy atom. The molecule has 0 unspecified atom stereocenters. The summed E-state index contributed by atoms with van der Waals surface area (Å²) in [6.07, 6.45) is 3.50. The zero-order valence-electron chi connectivity index (χ0n) is 9.24. The first-order valence-electron chi connectivity index (χ1n) is 4.97. The number of imidazole rings is 1. The Labute approximate surface area is 88.7 Å². The molecule has 2 aromatic heterocycles. The Bertz CT molecular complexity index is 423.